The Morgan fingerprint density at radius 1 is 1.29 bits per heavy atom. The number of nitrogens with one attached hydrogen (secondary N) is 2. The number of likely N-dealkylation sites (N-methyl/N-ethyl adjacent to an activating group) is 1. The van der Waals surface area contributed by atoms with Crippen molar-refractivity contribution >= 4 is 33.0 Å². The van der Waals surface area contributed by atoms with Crippen LogP contribution in [0, 0.1) is 0 Å². The van der Waals surface area contributed by atoms with Crippen molar-refractivity contribution in [2.75, 3.05) is 38.1 Å². The molecule has 2 fully saturated rings. The number of rotatable bonds is 10. The molecule has 2 atom stereocenters. The molecule has 3 aromatic heterocycles. The van der Waals surface area contributed by atoms with E-state index in [1.54, 1.807) is 24.5 Å². The Kier molecular flexibility index (Phi) is 7.83. The van der Waals surface area contributed by atoms with Gasteiger partial charge in [0.2, 0.25) is 15.9 Å². The Morgan fingerprint density at radius 2 is 2.13 bits per heavy atom. The third-order valence-electron chi connectivity index (χ3n) is 6.14. The van der Waals surface area contributed by atoms with Crippen molar-refractivity contribution in [1.82, 2.24) is 30.2 Å². The molecule has 1 saturated carbocycles. The Bertz CT molecular complexity index is 1400. The van der Waals surface area contributed by atoms with Gasteiger partial charge in [-0.25, -0.2) is 18.4 Å². The van der Waals surface area contributed by atoms with E-state index in [9.17, 15) is 13.2 Å². The number of morpholine rings is 1. The Balaban J connectivity index is 1.38. The summed E-state index contributed by atoms with van der Waals surface area (Å²) in [6.45, 7) is 4.15. The van der Waals surface area contributed by atoms with Crippen molar-refractivity contribution in [3.05, 3.63) is 47.6 Å². The molecule has 1 aliphatic carbocycles. The lowest BCUT2D eigenvalue weighted by Crippen LogP contribution is -2.48. The fraction of sp³-hybridized carbons (Fsp3) is 0.458. The molecule has 2 N–H and O–H groups in total. The van der Waals surface area contributed by atoms with Gasteiger partial charge in [0.15, 0.2) is 5.01 Å². The summed E-state index contributed by atoms with van der Waals surface area (Å²) in [5.41, 5.74) is 1.44. The van der Waals surface area contributed by atoms with Gasteiger partial charge in [0, 0.05) is 25.5 Å². The maximum atomic E-state index is 13.3. The summed E-state index contributed by atoms with van der Waals surface area (Å²) in [5, 5.41) is 2.90. The number of sulfonamides is 1. The van der Waals surface area contributed by atoms with Crippen LogP contribution in [0.1, 0.15) is 41.3 Å². The number of pyridine rings is 1. The van der Waals surface area contributed by atoms with E-state index in [0.29, 0.717) is 60.4 Å². The van der Waals surface area contributed by atoms with Crippen molar-refractivity contribution in [1.29, 1.82) is 0 Å². The number of anilines is 1. The number of ether oxygens (including phenoxy) is 2. The van der Waals surface area contributed by atoms with Crippen LogP contribution in [0.25, 0.3) is 10.6 Å². The first-order valence-electron chi connectivity index (χ1n) is 12.3. The zero-order chi connectivity index (χ0) is 26.7. The smallest absolute Gasteiger partial charge is 0.280 e. The molecule has 5 rings (SSSR count). The zero-order valence-corrected chi connectivity index (χ0v) is 22.7. The van der Waals surface area contributed by atoms with Gasteiger partial charge < -0.3 is 19.7 Å². The number of carbonyl (C=O) groups is 1. The topological polar surface area (TPSA) is 149 Å². The van der Waals surface area contributed by atoms with Gasteiger partial charge >= 0.3 is 0 Å². The highest BCUT2D eigenvalue weighted by atomic mass is 32.2. The highest BCUT2D eigenvalue weighted by molar-refractivity contribution is 7.93. The SMILES string of the molecule is CCOc1cncc(-c2cnc(C(=O)N[C@@H](c3cc(NS(=O)(=O)C4CC4)ccn3)C3CN(C)CCO3)s2)n1. The van der Waals surface area contributed by atoms with Gasteiger partial charge in [-0.1, -0.05) is 0 Å². The molecule has 0 radical (unpaired) electrons. The fourth-order valence-corrected chi connectivity index (χ4v) is 6.22. The molecule has 0 bridgehead atoms. The summed E-state index contributed by atoms with van der Waals surface area (Å²) in [6.07, 6.45) is 7.14. The Labute approximate surface area is 224 Å². The number of amides is 1. The average Bonchev–Trinajstić information content (AvgIpc) is 3.65. The van der Waals surface area contributed by atoms with Crippen LogP contribution in [0.15, 0.2) is 36.9 Å². The van der Waals surface area contributed by atoms with Crippen molar-refractivity contribution in [2.24, 2.45) is 0 Å². The summed E-state index contributed by atoms with van der Waals surface area (Å²) < 4.78 is 39.0. The van der Waals surface area contributed by atoms with E-state index in [4.69, 9.17) is 9.47 Å². The van der Waals surface area contributed by atoms with Gasteiger partial charge in [0.1, 0.15) is 5.69 Å². The van der Waals surface area contributed by atoms with Crippen LogP contribution in [0.5, 0.6) is 5.88 Å². The highest BCUT2D eigenvalue weighted by Crippen LogP contribution is 2.31. The molecule has 4 heterocycles. The zero-order valence-electron chi connectivity index (χ0n) is 21.0. The molecule has 0 aromatic carbocycles. The van der Waals surface area contributed by atoms with E-state index in [1.807, 2.05) is 14.0 Å². The minimum atomic E-state index is -3.45. The van der Waals surface area contributed by atoms with Crippen molar-refractivity contribution < 1.29 is 22.7 Å². The fourth-order valence-electron chi connectivity index (χ4n) is 4.06. The van der Waals surface area contributed by atoms with Gasteiger partial charge in [-0.15, -0.1) is 11.3 Å². The molecular weight excluding hydrogens is 530 g/mol. The molecule has 1 unspecified atom stereocenters. The second-order valence-electron chi connectivity index (χ2n) is 9.14. The highest BCUT2D eigenvalue weighted by Gasteiger charge is 2.36. The first-order chi connectivity index (χ1) is 18.3. The van der Waals surface area contributed by atoms with Gasteiger partial charge in [0.05, 0.1) is 59.3 Å². The molecule has 2 aliphatic rings. The van der Waals surface area contributed by atoms with Crippen LogP contribution < -0.4 is 14.8 Å². The first-order valence-corrected chi connectivity index (χ1v) is 14.7. The van der Waals surface area contributed by atoms with Crippen molar-refractivity contribution in [2.45, 2.75) is 37.2 Å². The van der Waals surface area contributed by atoms with E-state index < -0.39 is 28.1 Å². The third-order valence-corrected chi connectivity index (χ3v) is 9.02. The lowest BCUT2D eigenvalue weighted by atomic mass is 10.0. The maximum Gasteiger partial charge on any atom is 0.280 e. The van der Waals surface area contributed by atoms with Crippen molar-refractivity contribution in [3.63, 3.8) is 0 Å². The number of hydrogen-bond acceptors (Lipinski definition) is 11. The first kappa shape index (κ1) is 26.4. The van der Waals surface area contributed by atoms with E-state index in [1.165, 1.54) is 23.7 Å². The number of thiazole rings is 1. The molecular formula is C24H29N7O5S2. The van der Waals surface area contributed by atoms with Gasteiger partial charge in [0.25, 0.3) is 5.91 Å². The summed E-state index contributed by atoms with van der Waals surface area (Å²) in [4.78, 5) is 33.5. The van der Waals surface area contributed by atoms with Crippen LogP contribution >= 0.6 is 11.3 Å². The van der Waals surface area contributed by atoms with Gasteiger partial charge in [-0.2, -0.15) is 0 Å². The van der Waals surface area contributed by atoms with Crippen LogP contribution in [0.2, 0.25) is 0 Å². The van der Waals surface area contributed by atoms with Gasteiger partial charge in [-0.05, 0) is 38.9 Å². The molecule has 3 aromatic rings. The van der Waals surface area contributed by atoms with Crippen LogP contribution in [0.3, 0.4) is 0 Å². The van der Waals surface area contributed by atoms with E-state index in [2.05, 4.69) is 34.9 Å². The largest absolute Gasteiger partial charge is 0.477 e. The number of aromatic nitrogens is 4. The standard InChI is InChI=1S/C24H29N7O5S2/c1-3-35-21-13-25-11-18(28-21)20-12-27-24(37-20)23(32)29-22(19-14-31(2)8-9-36-19)17-10-15(6-7-26-17)30-38(33,34)16-4-5-16/h6-7,10-13,16,19,22H,3-5,8-9,14H2,1-2H3,(H,26,30)(H,29,32)/t19?,22-/m0/s1. The molecule has 202 valence electrons. The summed E-state index contributed by atoms with van der Waals surface area (Å²) in [7, 11) is -1.47. The summed E-state index contributed by atoms with van der Waals surface area (Å²) >= 11 is 1.18. The minimum Gasteiger partial charge on any atom is -0.477 e. The predicted molar refractivity (Wildman–Crippen MR) is 142 cm³/mol. The predicted octanol–water partition coefficient (Wildman–Crippen LogP) is 2.10. The maximum absolute atomic E-state index is 13.3. The molecule has 14 heteroatoms. The van der Waals surface area contributed by atoms with E-state index in [-0.39, 0.29) is 10.3 Å². The number of hydrogen-bond donors (Lipinski definition) is 2. The number of carbonyl (C=O) groups excluding carboxylic acids is 1. The molecule has 12 nitrogen and oxygen atoms in total. The van der Waals surface area contributed by atoms with E-state index >= 15 is 0 Å². The second kappa shape index (κ2) is 11.3. The molecule has 0 spiro atoms. The molecule has 1 saturated heterocycles. The molecule has 1 amide bonds. The Hall–Kier alpha value is -3.20. The van der Waals surface area contributed by atoms with Crippen LogP contribution in [-0.2, 0) is 14.8 Å². The lowest BCUT2D eigenvalue weighted by molar-refractivity contribution is -0.0387. The Morgan fingerprint density at radius 3 is 2.89 bits per heavy atom. The quantitative estimate of drug-likeness (QED) is 0.378. The van der Waals surface area contributed by atoms with Crippen LogP contribution in [0.4, 0.5) is 5.69 Å². The summed E-state index contributed by atoms with van der Waals surface area (Å²) in [6, 6.07) is 2.61. The van der Waals surface area contributed by atoms with Crippen LogP contribution in [-0.4, -0.2) is 83.9 Å². The second-order valence-corrected chi connectivity index (χ2v) is 12.1. The number of nitrogens with zero attached hydrogens (tertiary/aromatic N) is 5. The molecule has 38 heavy (non-hydrogen) atoms. The average molecular weight is 560 g/mol. The summed E-state index contributed by atoms with van der Waals surface area (Å²) in [5.74, 6) is -0.00550. The van der Waals surface area contributed by atoms with Crippen molar-refractivity contribution in [3.8, 4) is 16.5 Å². The van der Waals surface area contributed by atoms with E-state index in [0.717, 1.165) is 6.54 Å². The third kappa shape index (κ3) is 6.26. The van der Waals surface area contributed by atoms with Gasteiger partial charge in [-0.3, -0.25) is 19.5 Å². The monoisotopic (exact) mass is 559 g/mol. The minimum absolute atomic E-state index is 0.239. The lowest BCUT2D eigenvalue weighted by Gasteiger charge is -2.35. The normalized spacial score (nSPS) is 19.1. The molecule has 1 aliphatic heterocycles.